The zero-order chi connectivity index (χ0) is 13.2. The van der Waals surface area contributed by atoms with Crippen LogP contribution in [0.1, 0.15) is 19.3 Å². The Hall–Kier alpha value is -1.17. The third-order valence-corrected chi connectivity index (χ3v) is 3.26. The van der Waals surface area contributed by atoms with E-state index in [9.17, 15) is 13.2 Å². The Morgan fingerprint density at radius 3 is 2.56 bits per heavy atom. The molecule has 1 fully saturated rings. The maximum absolute atomic E-state index is 12.7. The quantitative estimate of drug-likeness (QED) is 0.787. The molecular weight excluding hydrogens is 245 g/mol. The van der Waals surface area contributed by atoms with Gasteiger partial charge < -0.3 is 15.4 Å². The number of nitrogens with two attached hydrogens (primary N) is 1. The first-order valence-corrected chi connectivity index (χ1v) is 6.09. The van der Waals surface area contributed by atoms with E-state index in [1.807, 2.05) is 11.0 Å². The minimum absolute atomic E-state index is 0.246. The molecule has 0 aromatic heterocycles. The molecular formula is C12H17F3N2O. The first-order valence-electron chi connectivity index (χ1n) is 6.09. The zero-order valence-electron chi connectivity index (χ0n) is 10.1. The van der Waals surface area contributed by atoms with E-state index in [1.165, 1.54) is 0 Å². The Balaban J connectivity index is 2.28. The van der Waals surface area contributed by atoms with Crippen LogP contribution in [0.5, 0.6) is 0 Å². The lowest BCUT2D eigenvalue weighted by molar-refractivity contribution is -0.0937. The Morgan fingerprint density at radius 1 is 1.28 bits per heavy atom. The van der Waals surface area contributed by atoms with Crippen LogP contribution in [0.25, 0.3) is 0 Å². The van der Waals surface area contributed by atoms with Crippen molar-refractivity contribution in [2.24, 2.45) is 5.73 Å². The van der Waals surface area contributed by atoms with Crippen LogP contribution in [0, 0.1) is 0 Å². The van der Waals surface area contributed by atoms with Crippen molar-refractivity contribution >= 4 is 0 Å². The third-order valence-electron chi connectivity index (χ3n) is 3.26. The van der Waals surface area contributed by atoms with Gasteiger partial charge in [0.1, 0.15) is 5.70 Å². The SMILES string of the molecule is NC(=C1CCCC=C1N1CCOCC1)C(F)(F)F. The molecule has 0 unspecified atom stereocenters. The fourth-order valence-electron chi connectivity index (χ4n) is 2.34. The number of ether oxygens (including phenoxy) is 1. The molecule has 102 valence electrons. The minimum atomic E-state index is -4.45. The van der Waals surface area contributed by atoms with Gasteiger partial charge in [0.25, 0.3) is 0 Å². The summed E-state index contributed by atoms with van der Waals surface area (Å²) in [6, 6.07) is 0. The molecule has 2 rings (SSSR count). The van der Waals surface area contributed by atoms with E-state index in [2.05, 4.69) is 0 Å². The van der Waals surface area contributed by atoms with E-state index in [-0.39, 0.29) is 5.57 Å². The normalized spacial score (nSPS) is 24.8. The topological polar surface area (TPSA) is 38.5 Å². The molecule has 1 aliphatic carbocycles. The van der Waals surface area contributed by atoms with Gasteiger partial charge in [-0.1, -0.05) is 6.08 Å². The van der Waals surface area contributed by atoms with Gasteiger partial charge >= 0.3 is 6.18 Å². The number of halogens is 3. The smallest absolute Gasteiger partial charge is 0.394 e. The molecule has 0 bridgehead atoms. The molecule has 0 atom stereocenters. The summed E-state index contributed by atoms with van der Waals surface area (Å²) in [6.07, 6.45) is -0.656. The van der Waals surface area contributed by atoms with Crippen molar-refractivity contribution < 1.29 is 17.9 Å². The molecule has 6 heteroatoms. The van der Waals surface area contributed by atoms with Gasteiger partial charge in [0, 0.05) is 24.4 Å². The number of nitrogens with zero attached hydrogens (tertiary/aromatic N) is 1. The van der Waals surface area contributed by atoms with Crippen LogP contribution in [-0.2, 0) is 4.74 Å². The van der Waals surface area contributed by atoms with E-state index in [1.54, 1.807) is 0 Å². The largest absolute Gasteiger partial charge is 0.431 e. The van der Waals surface area contributed by atoms with Crippen LogP contribution in [0.2, 0.25) is 0 Å². The van der Waals surface area contributed by atoms with Crippen molar-refractivity contribution in [3.8, 4) is 0 Å². The molecule has 1 saturated heterocycles. The highest BCUT2D eigenvalue weighted by Crippen LogP contribution is 2.34. The number of rotatable bonds is 1. The Labute approximate surface area is 104 Å². The van der Waals surface area contributed by atoms with E-state index in [4.69, 9.17) is 10.5 Å². The van der Waals surface area contributed by atoms with E-state index in [0.717, 1.165) is 12.8 Å². The lowest BCUT2D eigenvalue weighted by Crippen LogP contribution is -2.38. The molecule has 0 amide bonds. The Morgan fingerprint density at radius 2 is 1.94 bits per heavy atom. The summed E-state index contributed by atoms with van der Waals surface area (Å²) in [6.45, 7) is 2.36. The Bertz CT molecular complexity index is 368. The second-order valence-electron chi connectivity index (χ2n) is 4.47. The molecule has 2 aliphatic rings. The van der Waals surface area contributed by atoms with Crippen LogP contribution >= 0.6 is 0 Å². The molecule has 0 aromatic rings. The maximum Gasteiger partial charge on any atom is 0.431 e. The third kappa shape index (κ3) is 2.80. The summed E-state index contributed by atoms with van der Waals surface area (Å²) < 4.78 is 43.4. The highest BCUT2D eigenvalue weighted by atomic mass is 19.4. The molecule has 0 spiro atoms. The molecule has 1 aliphatic heterocycles. The summed E-state index contributed by atoms with van der Waals surface area (Å²) >= 11 is 0. The number of allylic oxidation sites excluding steroid dienone is 3. The summed E-state index contributed by atoms with van der Waals surface area (Å²) in [5.74, 6) is 0. The van der Waals surface area contributed by atoms with E-state index < -0.39 is 11.9 Å². The zero-order valence-corrected chi connectivity index (χ0v) is 10.1. The maximum atomic E-state index is 12.7. The van der Waals surface area contributed by atoms with Gasteiger partial charge in [-0.15, -0.1) is 0 Å². The van der Waals surface area contributed by atoms with Gasteiger partial charge in [-0.3, -0.25) is 0 Å². The van der Waals surface area contributed by atoms with Gasteiger partial charge in [-0.05, 0) is 19.3 Å². The van der Waals surface area contributed by atoms with Crippen molar-refractivity contribution in [3.05, 3.63) is 23.0 Å². The lowest BCUT2D eigenvalue weighted by Gasteiger charge is -2.34. The molecule has 0 radical (unpaired) electrons. The monoisotopic (exact) mass is 262 g/mol. The van der Waals surface area contributed by atoms with Gasteiger partial charge in [-0.25, -0.2) is 0 Å². The highest BCUT2D eigenvalue weighted by molar-refractivity contribution is 5.37. The van der Waals surface area contributed by atoms with Crippen LogP contribution in [-0.4, -0.2) is 37.4 Å². The molecule has 0 aromatic carbocycles. The summed E-state index contributed by atoms with van der Waals surface area (Å²) in [5, 5.41) is 0. The van der Waals surface area contributed by atoms with Crippen LogP contribution in [0.15, 0.2) is 23.0 Å². The second-order valence-corrected chi connectivity index (χ2v) is 4.47. The van der Waals surface area contributed by atoms with Crippen molar-refractivity contribution in [1.29, 1.82) is 0 Å². The molecule has 2 N–H and O–H groups in total. The van der Waals surface area contributed by atoms with E-state index >= 15 is 0 Å². The highest BCUT2D eigenvalue weighted by Gasteiger charge is 2.36. The summed E-state index contributed by atoms with van der Waals surface area (Å²) in [7, 11) is 0. The van der Waals surface area contributed by atoms with Crippen molar-refractivity contribution in [3.63, 3.8) is 0 Å². The average Bonchev–Trinajstić information content (AvgIpc) is 2.38. The fourth-order valence-corrected chi connectivity index (χ4v) is 2.34. The van der Waals surface area contributed by atoms with Crippen molar-refractivity contribution in [1.82, 2.24) is 4.90 Å². The lowest BCUT2D eigenvalue weighted by atomic mass is 9.95. The Kier molecular flexibility index (Phi) is 3.85. The molecule has 3 nitrogen and oxygen atoms in total. The summed E-state index contributed by atoms with van der Waals surface area (Å²) in [5.41, 5.74) is 5.23. The summed E-state index contributed by atoms with van der Waals surface area (Å²) in [4.78, 5) is 1.94. The van der Waals surface area contributed by atoms with Crippen molar-refractivity contribution in [2.75, 3.05) is 26.3 Å². The second kappa shape index (κ2) is 5.22. The predicted octanol–water partition coefficient (Wildman–Crippen LogP) is 2.16. The van der Waals surface area contributed by atoms with Crippen LogP contribution < -0.4 is 5.73 Å². The van der Waals surface area contributed by atoms with E-state index in [0.29, 0.717) is 38.4 Å². The van der Waals surface area contributed by atoms with Gasteiger partial charge in [-0.2, -0.15) is 13.2 Å². The van der Waals surface area contributed by atoms with Crippen molar-refractivity contribution in [2.45, 2.75) is 25.4 Å². The first kappa shape index (κ1) is 13.3. The minimum Gasteiger partial charge on any atom is -0.394 e. The standard InChI is InChI=1S/C12H17F3N2O/c13-12(14,15)11(16)9-3-1-2-4-10(9)17-5-7-18-8-6-17/h4H,1-3,5-8,16H2. The number of morpholine rings is 1. The van der Waals surface area contributed by atoms with Gasteiger partial charge in [0.15, 0.2) is 0 Å². The molecule has 18 heavy (non-hydrogen) atoms. The van der Waals surface area contributed by atoms with Gasteiger partial charge in [0.2, 0.25) is 0 Å². The first-order chi connectivity index (χ1) is 8.50. The number of alkyl halides is 3. The number of hydrogen-bond acceptors (Lipinski definition) is 3. The average molecular weight is 262 g/mol. The molecule has 0 saturated carbocycles. The predicted molar refractivity (Wildman–Crippen MR) is 61.6 cm³/mol. The van der Waals surface area contributed by atoms with Crippen LogP contribution in [0.3, 0.4) is 0 Å². The van der Waals surface area contributed by atoms with Gasteiger partial charge in [0.05, 0.1) is 13.2 Å². The molecule has 1 heterocycles. The number of hydrogen-bond donors (Lipinski definition) is 1. The van der Waals surface area contributed by atoms with Crippen LogP contribution in [0.4, 0.5) is 13.2 Å². The fraction of sp³-hybridized carbons (Fsp3) is 0.667.